The van der Waals surface area contributed by atoms with E-state index in [9.17, 15) is 0 Å². The van der Waals surface area contributed by atoms with Crippen molar-refractivity contribution in [3.05, 3.63) is 96.1 Å². The molecule has 1 aliphatic heterocycles. The minimum atomic E-state index is 0.972. The number of fused-ring (bicyclic) bond motifs is 5. The van der Waals surface area contributed by atoms with Crippen molar-refractivity contribution < 1.29 is 0 Å². The highest BCUT2D eigenvalue weighted by Gasteiger charge is 2.21. The van der Waals surface area contributed by atoms with Gasteiger partial charge in [0.05, 0.1) is 0 Å². The molecule has 1 aromatic heterocycles. The van der Waals surface area contributed by atoms with Crippen LogP contribution in [0.25, 0.3) is 32.9 Å². The first-order chi connectivity index (χ1) is 15.3. The van der Waals surface area contributed by atoms with Crippen molar-refractivity contribution in [3.63, 3.8) is 0 Å². The van der Waals surface area contributed by atoms with Crippen molar-refractivity contribution in [3.8, 4) is 11.1 Å². The smallest absolute Gasteiger partial charge is 0.0497 e. The normalized spacial score (nSPS) is 12.9. The van der Waals surface area contributed by atoms with Gasteiger partial charge in [-0.25, -0.2) is 0 Å². The highest BCUT2D eigenvalue weighted by Crippen LogP contribution is 2.40. The number of rotatable bonds is 3. The lowest BCUT2D eigenvalue weighted by atomic mass is 9.92. The molecule has 31 heavy (non-hydrogen) atoms. The van der Waals surface area contributed by atoms with Gasteiger partial charge in [-0.1, -0.05) is 54.6 Å². The second kappa shape index (κ2) is 7.02. The minimum absolute atomic E-state index is 0.972. The molecule has 152 valence electrons. The molecule has 1 aliphatic rings. The predicted octanol–water partition coefficient (Wildman–Crippen LogP) is 7.54. The van der Waals surface area contributed by atoms with E-state index in [1.54, 1.807) is 0 Å². The van der Waals surface area contributed by atoms with E-state index in [-0.39, 0.29) is 0 Å². The molecular formula is C29H26N2. The summed E-state index contributed by atoms with van der Waals surface area (Å²) < 4.78 is 2.43. The lowest BCUT2D eigenvalue weighted by molar-refractivity contribution is 0.827. The molecule has 5 aromatic rings. The zero-order chi connectivity index (χ0) is 20.9. The van der Waals surface area contributed by atoms with Gasteiger partial charge in [-0.05, 0) is 66.4 Å². The Kier molecular flexibility index (Phi) is 4.14. The quantitative estimate of drug-likeness (QED) is 0.302. The molecule has 0 unspecified atom stereocenters. The summed E-state index contributed by atoms with van der Waals surface area (Å²) in [5.74, 6) is 0. The van der Waals surface area contributed by atoms with Crippen LogP contribution in [0.15, 0.2) is 84.9 Å². The van der Waals surface area contributed by atoms with E-state index in [1.807, 2.05) is 0 Å². The summed E-state index contributed by atoms with van der Waals surface area (Å²) in [5.41, 5.74) is 10.7. The van der Waals surface area contributed by atoms with Crippen LogP contribution in [0.5, 0.6) is 0 Å². The van der Waals surface area contributed by atoms with Gasteiger partial charge in [-0.3, -0.25) is 0 Å². The maximum atomic E-state index is 2.44. The molecule has 2 nitrogen and oxygen atoms in total. The molecule has 0 saturated carbocycles. The molecular weight excluding hydrogens is 376 g/mol. The molecule has 0 spiro atoms. The molecule has 0 aliphatic carbocycles. The van der Waals surface area contributed by atoms with E-state index >= 15 is 0 Å². The van der Waals surface area contributed by atoms with Crippen molar-refractivity contribution in [1.29, 1.82) is 0 Å². The summed E-state index contributed by atoms with van der Waals surface area (Å²) in [7, 11) is 0. The Morgan fingerprint density at radius 2 is 1.32 bits per heavy atom. The van der Waals surface area contributed by atoms with Gasteiger partial charge < -0.3 is 9.47 Å². The monoisotopic (exact) mass is 402 g/mol. The van der Waals surface area contributed by atoms with Gasteiger partial charge in [0, 0.05) is 52.7 Å². The fourth-order valence-corrected chi connectivity index (χ4v) is 5.34. The van der Waals surface area contributed by atoms with E-state index in [0.717, 1.165) is 19.5 Å². The summed E-state index contributed by atoms with van der Waals surface area (Å²) >= 11 is 0. The highest BCUT2D eigenvalue weighted by molar-refractivity contribution is 6.09. The zero-order valence-electron chi connectivity index (χ0n) is 18.1. The Labute approximate surface area is 183 Å². The SMILES string of the molecule is CCN1c2ccccc2Cc2cc(-c3ccc4c5ccccc5n(CC)c4c3)ccc21. The first-order valence-corrected chi connectivity index (χ1v) is 11.3. The lowest BCUT2D eigenvalue weighted by Gasteiger charge is -2.32. The molecule has 2 heterocycles. The van der Waals surface area contributed by atoms with E-state index in [1.165, 1.54) is 55.4 Å². The van der Waals surface area contributed by atoms with Crippen LogP contribution in [0, 0.1) is 0 Å². The first-order valence-electron chi connectivity index (χ1n) is 11.3. The van der Waals surface area contributed by atoms with Crippen LogP contribution in [0.3, 0.4) is 0 Å². The molecule has 0 atom stereocenters. The van der Waals surface area contributed by atoms with Gasteiger partial charge in [0.2, 0.25) is 0 Å². The fourth-order valence-electron chi connectivity index (χ4n) is 5.34. The minimum Gasteiger partial charge on any atom is -0.341 e. The van der Waals surface area contributed by atoms with Crippen molar-refractivity contribution in [2.24, 2.45) is 0 Å². The first kappa shape index (κ1) is 18.3. The maximum Gasteiger partial charge on any atom is 0.0497 e. The fraction of sp³-hybridized carbons (Fsp3) is 0.172. The van der Waals surface area contributed by atoms with Crippen molar-refractivity contribution in [1.82, 2.24) is 4.57 Å². The maximum absolute atomic E-state index is 2.44. The van der Waals surface area contributed by atoms with Gasteiger partial charge in [0.15, 0.2) is 0 Å². The van der Waals surface area contributed by atoms with Crippen LogP contribution in [0.2, 0.25) is 0 Å². The molecule has 0 amide bonds. The summed E-state index contributed by atoms with van der Waals surface area (Å²) in [6.07, 6.45) is 0.993. The number of nitrogens with zero attached hydrogens (tertiary/aromatic N) is 2. The Bertz CT molecular complexity index is 1440. The molecule has 0 radical (unpaired) electrons. The third-order valence-electron chi connectivity index (χ3n) is 6.77. The topological polar surface area (TPSA) is 8.17 Å². The van der Waals surface area contributed by atoms with Crippen molar-refractivity contribution in [2.75, 3.05) is 11.4 Å². The zero-order valence-corrected chi connectivity index (χ0v) is 18.1. The Balaban J connectivity index is 1.50. The number of anilines is 2. The van der Waals surface area contributed by atoms with Gasteiger partial charge in [0.1, 0.15) is 0 Å². The highest BCUT2D eigenvalue weighted by atomic mass is 15.1. The number of aromatic nitrogens is 1. The van der Waals surface area contributed by atoms with Crippen LogP contribution in [0.4, 0.5) is 11.4 Å². The Morgan fingerprint density at radius 3 is 2.19 bits per heavy atom. The second-order valence-electron chi connectivity index (χ2n) is 8.39. The molecule has 4 aromatic carbocycles. The summed E-state index contributed by atoms with van der Waals surface area (Å²) in [6, 6.07) is 31.5. The largest absolute Gasteiger partial charge is 0.341 e. The third kappa shape index (κ3) is 2.71. The molecule has 0 fully saturated rings. The Morgan fingerprint density at radius 1 is 0.613 bits per heavy atom. The van der Waals surface area contributed by atoms with E-state index in [4.69, 9.17) is 0 Å². The van der Waals surface area contributed by atoms with Crippen molar-refractivity contribution in [2.45, 2.75) is 26.8 Å². The predicted molar refractivity (Wildman–Crippen MR) is 132 cm³/mol. The molecule has 0 N–H and O–H groups in total. The number of hydrogen-bond donors (Lipinski definition) is 0. The van der Waals surface area contributed by atoms with Gasteiger partial charge in [0.25, 0.3) is 0 Å². The van der Waals surface area contributed by atoms with E-state index < -0.39 is 0 Å². The van der Waals surface area contributed by atoms with Crippen LogP contribution in [-0.4, -0.2) is 11.1 Å². The van der Waals surface area contributed by atoms with Gasteiger partial charge >= 0.3 is 0 Å². The van der Waals surface area contributed by atoms with E-state index in [0.29, 0.717) is 0 Å². The number of para-hydroxylation sites is 2. The van der Waals surface area contributed by atoms with Crippen molar-refractivity contribution >= 4 is 33.2 Å². The van der Waals surface area contributed by atoms with Crippen LogP contribution >= 0.6 is 0 Å². The third-order valence-corrected chi connectivity index (χ3v) is 6.77. The lowest BCUT2D eigenvalue weighted by Crippen LogP contribution is -2.22. The summed E-state index contributed by atoms with van der Waals surface area (Å²) in [5, 5.41) is 2.68. The van der Waals surface area contributed by atoms with Gasteiger partial charge in [-0.15, -0.1) is 0 Å². The molecule has 0 bridgehead atoms. The molecule has 0 saturated heterocycles. The number of hydrogen-bond acceptors (Lipinski definition) is 1. The standard InChI is InChI=1S/C29H26N2/c1-3-30-26-11-7-5-9-22(26)18-23-17-20(14-16-27(23)30)21-13-15-25-24-10-6-8-12-28(24)31(4-2)29(25)19-21/h5-17,19H,3-4,18H2,1-2H3. The van der Waals surface area contributed by atoms with Crippen LogP contribution < -0.4 is 4.90 Å². The number of benzene rings is 4. The Hall–Kier alpha value is -3.52. The molecule has 2 heteroatoms. The van der Waals surface area contributed by atoms with Crippen LogP contribution in [0.1, 0.15) is 25.0 Å². The van der Waals surface area contributed by atoms with Gasteiger partial charge in [-0.2, -0.15) is 0 Å². The average Bonchev–Trinajstić information content (AvgIpc) is 3.15. The summed E-state index contributed by atoms with van der Waals surface area (Å²) in [4.78, 5) is 2.44. The average molecular weight is 403 g/mol. The second-order valence-corrected chi connectivity index (χ2v) is 8.39. The molecule has 6 rings (SSSR count). The summed E-state index contributed by atoms with van der Waals surface area (Å²) in [6.45, 7) is 6.41. The van der Waals surface area contributed by atoms with Crippen LogP contribution in [-0.2, 0) is 13.0 Å². The van der Waals surface area contributed by atoms with E-state index in [2.05, 4.69) is 108 Å². The number of aryl methyl sites for hydroxylation is 1.